The summed E-state index contributed by atoms with van der Waals surface area (Å²) in [4.78, 5) is 28.4. The van der Waals surface area contributed by atoms with Crippen LogP contribution in [0.2, 0.25) is 0 Å². The molecule has 0 radical (unpaired) electrons. The van der Waals surface area contributed by atoms with Crippen LogP contribution in [0.4, 0.5) is 4.39 Å². The molecule has 0 aliphatic rings. The predicted molar refractivity (Wildman–Crippen MR) is 48.6 cm³/mol. The lowest BCUT2D eigenvalue weighted by molar-refractivity contribution is -0.159. The molecule has 0 saturated carbocycles. The van der Waals surface area contributed by atoms with Crippen molar-refractivity contribution < 1.29 is 34.1 Å². The predicted octanol–water partition coefficient (Wildman–Crippen LogP) is 0.679. The molecule has 3 N–H and O–H groups in total. The molecule has 1 aromatic carbocycles. The Labute approximate surface area is 88.6 Å². The van der Waals surface area contributed by atoms with Crippen LogP contribution in [0.1, 0.15) is 10.4 Å². The Morgan fingerprint density at radius 1 is 0.938 bits per heavy atom. The highest BCUT2D eigenvalue weighted by Crippen LogP contribution is 2.04. The third kappa shape index (κ3) is 4.70. The van der Waals surface area contributed by atoms with Crippen LogP contribution in [0, 0.1) is 5.82 Å². The monoisotopic (exact) mass is 230 g/mol. The number of aliphatic carboxylic acids is 2. The Morgan fingerprint density at radius 3 is 1.62 bits per heavy atom. The van der Waals surface area contributed by atoms with E-state index in [1.54, 1.807) is 0 Å². The Bertz CT molecular complexity index is 402. The lowest BCUT2D eigenvalue weighted by Crippen LogP contribution is -2.09. The second-order valence-corrected chi connectivity index (χ2v) is 2.40. The van der Waals surface area contributed by atoms with Crippen LogP contribution in [0.3, 0.4) is 0 Å². The van der Waals surface area contributed by atoms with E-state index in [9.17, 15) is 9.18 Å². The van der Waals surface area contributed by atoms with Crippen LogP contribution in [0.5, 0.6) is 0 Å². The number of halogens is 1. The van der Waals surface area contributed by atoms with E-state index in [0.717, 1.165) is 6.07 Å². The lowest BCUT2D eigenvalue weighted by atomic mass is 10.2. The quantitative estimate of drug-likeness (QED) is 0.611. The van der Waals surface area contributed by atoms with Crippen molar-refractivity contribution in [3.05, 3.63) is 35.6 Å². The minimum atomic E-state index is -1.82. The van der Waals surface area contributed by atoms with Crippen molar-refractivity contribution in [3.8, 4) is 0 Å². The van der Waals surface area contributed by atoms with Gasteiger partial charge in [0.15, 0.2) is 0 Å². The van der Waals surface area contributed by atoms with Crippen molar-refractivity contribution in [2.45, 2.75) is 0 Å². The SMILES string of the molecule is O=C(O)C(=O)O.O=C(O)c1ccccc1F. The van der Waals surface area contributed by atoms with Crippen LogP contribution >= 0.6 is 0 Å². The van der Waals surface area contributed by atoms with Gasteiger partial charge in [-0.1, -0.05) is 12.1 Å². The van der Waals surface area contributed by atoms with Gasteiger partial charge in [-0.05, 0) is 12.1 Å². The van der Waals surface area contributed by atoms with Crippen LogP contribution in [-0.4, -0.2) is 33.2 Å². The highest BCUT2D eigenvalue weighted by Gasteiger charge is 2.06. The van der Waals surface area contributed by atoms with Crippen LogP contribution < -0.4 is 0 Å². The zero-order valence-electron chi connectivity index (χ0n) is 7.75. The summed E-state index contributed by atoms with van der Waals surface area (Å²) in [5.41, 5.74) is -0.289. The molecule has 0 aromatic heterocycles. The van der Waals surface area contributed by atoms with Gasteiger partial charge in [0.2, 0.25) is 0 Å². The van der Waals surface area contributed by atoms with Gasteiger partial charge in [-0.2, -0.15) is 0 Å². The van der Waals surface area contributed by atoms with Crippen molar-refractivity contribution in [1.29, 1.82) is 0 Å². The summed E-state index contributed by atoms with van der Waals surface area (Å²) in [6, 6.07) is 5.26. The molecule has 1 aromatic rings. The molecule has 0 amide bonds. The van der Waals surface area contributed by atoms with Gasteiger partial charge in [-0.3, -0.25) is 0 Å². The number of rotatable bonds is 1. The zero-order valence-corrected chi connectivity index (χ0v) is 7.75. The van der Waals surface area contributed by atoms with Crippen molar-refractivity contribution in [2.24, 2.45) is 0 Å². The summed E-state index contributed by atoms with van der Waals surface area (Å²) >= 11 is 0. The van der Waals surface area contributed by atoms with E-state index in [2.05, 4.69) is 0 Å². The summed E-state index contributed by atoms with van der Waals surface area (Å²) in [5, 5.41) is 23.1. The van der Waals surface area contributed by atoms with Gasteiger partial charge in [-0.15, -0.1) is 0 Å². The first-order valence-electron chi connectivity index (χ1n) is 3.80. The molecule has 6 nitrogen and oxygen atoms in total. The fourth-order valence-electron chi connectivity index (χ4n) is 0.635. The fraction of sp³-hybridized carbons (Fsp3) is 0. The molecule has 0 spiro atoms. The van der Waals surface area contributed by atoms with E-state index in [0.29, 0.717) is 0 Å². The topological polar surface area (TPSA) is 112 Å². The van der Waals surface area contributed by atoms with E-state index < -0.39 is 23.7 Å². The number of hydrogen-bond acceptors (Lipinski definition) is 3. The van der Waals surface area contributed by atoms with Crippen molar-refractivity contribution in [2.75, 3.05) is 0 Å². The first kappa shape index (κ1) is 13.6. The average Bonchev–Trinajstić information content (AvgIpc) is 2.18. The summed E-state index contributed by atoms with van der Waals surface area (Å²) in [5.74, 6) is -5.59. The van der Waals surface area contributed by atoms with E-state index >= 15 is 0 Å². The normalized spacial score (nSPS) is 8.56. The molecule has 86 valence electrons. The highest BCUT2D eigenvalue weighted by atomic mass is 19.1. The van der Waals surface area contributed by atoms with E-state index in [1.807, 2.05) is 0 Å². The lowest BCUT2D eigenvalue weighted by Gasteiger charge is -1.92. The molecule has 0 unspecified atom stereocenters. The van der Waals surface area contributed by atoms with E-state index in [4.69, 9.17) is 24.9 Å². The zero-order chi connectivity index (χ0) is 12.7. The maximum absolute atomic E-state index is 12.5. The van der Waals surface area contributed by atoms with Crippen molar-refractivity contribution in [3.63, 3.8) is 0 Å². The number of hydrogen-bond donors (Lipinski definition) is 3. The molecule has 0 bridgehead atoms. The van der Waals surface area contributed by atoms with Crippen LogP contribution in [0.15, 0.2) is 24.3 Å². The number of carboxylic acid groups (broad SMARTS) is 3. The van der Waals surface area contributed by atoms with Gasteiger partial charge < -0.3 is 15.3 Å². The molecular weight excluding hydrogens is 223 g/mol. The van der Waals surface area contributed by atoms with Gasteiger partial charge in [0.25, 0.3) is 0 Å². The van der Waals surface area contributed by atoms with Gasteiger partial charge in [0.1, 0.15) is 5.82 Å². The van der Waals surface area contributed by atoms with Crippen molar-refractivity contribution >= 4 is 17.9 Å². The number of carboxylic acids is 3. The maximum atomic E-state index is 12.5. The van der Waals surface area contributed by atoms with Crippen molar-refractivity contribution in [1.82, 2.24) is 0 Å². The molecule has 0 atom stereocenters. The summed E-state index contributed by atoms with van der Waals surface area (Å²) < 4.78 is 12.5. The standard InChI is InChI=1S/C7H5FO2.C2H2O4/c8-6-4-2-1-3-5(6)7(9)10;3-1(4)2(5)6/h1-4H,(H,9,10);(H,3,4)(H,5,6). The smallest absolute Gasteiger partial charge is 0.414 e. The maximum Gasteiger partial charge on any atom is 0.414 e. The molecule has 0 saturated heterocycles. The fourth-order valence-corrected chi connectivity index (χ4v) is 0.635. The first-order valence-corrected chi connectivity index (χ1v) is 3.80. The third-order valence-corrected chi connectivity index (χ3v) is 1.29. The minimum Gasteiger partial charge on any atom is -0.478 e. The highest BCUT2D eigenvalue weighted by molar-refractivity contribution is 6.27. The molecule has 0 heterocycles. The van der Waals surface area contributed by atoms with Gasteiger partial charge in [0.05, 0.1) is 5.56 Å². The molecule has 0 aliphatic heterocycles. The number of benzene rings is 1. The molecule has 16 heavy (non-hydrogen) atoms. The third-order valence-electron chi connectivity index (χ3n) is 1.29. The second-order valence-electron chi connectivity index (χ2n) is 2.40. The Kier molecular flexibility index (Phi) is 5.19. The van der Waals surface area contributed by atoms with Crippen LogP contribution in [0.25, 0.3) is 0 Å². The Morgan fingerprint density at radius 2 is 1.38 bits per heavy atom. The Balaban J connectivity index is 0.000000325. The van der Waals surface area contributed by atoms with Gasteiger partial charge >= 0.3 is 17.9 Å². The Hall–Kier alpha value is -2.44. The van der Waals surface area contributed by atoms with Gasteiger partial charge in [0, 0.05) is 0 Å². The first-order chi connectivity index (χ1) is 7.36. The van der Waals surface area contributed by atoms with Crippen LogP contribution in [-0.2, 0) is 9.59 Å². The van der Waals surface area contributed by atoms with E-state index in [-0.39, 0.29) is 5.56 Å². The summed E-state index contributed by atoms with van der Waals surface area (Å²) in [7, 11) is 0. The average molecular weight is 230 g/mol. The molecular formula is C9H7FO6. The molecule has 0 fully saturated rings. The number of aromatic carboxylic acids is 1. The summed E-state index contributed by atoms with van der Waals surface area (Å²) in [6.45, 7) is 0. The van der Waals surface area contributed by atoms with E-state index in [1.165, 1.54) is 18.2 Å². The largest absolute Gasteiger partial charge is 0.478 e. The molecule has 1 rings (SSSR count). The van der Waals surface area contributed by atoms with Gasteiger partial charge in [-0.25, -0.2) is 18.8 Å². The number of carbonyl (C=O) groups is 3. The minimum absolute atomic E-state index is 0.289. The molecule has 0 aliphatic carbocycles. The summed E-state index contributed by atoms with van der Waals surface area (Å²) in [6.07, 6.45) is 0. The second kappa shape index (κ2) is 6.12. The molecule has 7 heteroatoms.